The van der Waals surface area contributed by atoms with Gasteiger partial charge in [0.05, 0.1) is 12.2 Å². The lowest BCUT2D eigenvalue weighted by Crippen LogP contribution is -2.40. The molecule has 0 aromatic heterocycles. The number of allylic oxidation sites excluding steroid dienone is 1. The van der Waals surface area contributed by atoms with Gasteiger partial charge in [0.15, 0.2) is 0 Å². The summed E-state index contributed by atoms with van der Waals surface area (Å²) in [5.74, 6) is 1.47. The standard InChI is InChI=1S/C16H26O.C2H6/c1-11-6-7-13-14(3,4)12(2)16(10-17-16)9-8-15(11,13)5;1-2/h12-13H,1,6-10H2,2-5H3;1-2H3/t12-,13+,15-,16?;/m1./s1. The number of ether oxygens (including phenoxy) is 1. The monoisotopic (exact) mass is 264 g/mol. The van der Waals surface area contributed by atoms with Crippen LogP contribution in [0.25, 0.3) is 0 Å². The molecule has 0 bridgehead atoms. The van der Waals surface area contributed by atoms with Crippen molar-refractivity contribution in [2.24, 2.45) is 22.7 Å². The highest BCUT2D eigenvalue weighted by atomic mass is 16.6. The Morgan fingerprint density at radius 2 is 1.74 bits per heavy atom. The lowest BCUT2D eigenvalue weighted by atomic mass is 9.60. The maximum Gasteiger partial charge on any atom is 0.0947 e. The largest absolute Gasteiger partial charge is 0.369 e. The Morgan fingerprint density at radius 1 is 1.16 bits per heavy atom. The topological polar surface area (TPSA) is 12.5 Å². The van der Waals surface area contributed by atoms with E-state index in [1.165, 1.54) is 31.3 Å². The number of hydrogen-bond acceptors (Lipinski definition) is 1. The molecule has 19 heavy (non-hydrogen) atoms. The maximum atomic E-state index is 5.88. The smallest absolute Gasteiger partial charge is 0.0947 e. The van der Waals surface area contributed by atoms with Gasteiger partial charge >= 0.3 is 0 Å². The summed E-state index contributed by atoms with van der Waals surface area (Å²) in [6, 6.07) is 0. The van der Waals surface area contributed by atoms with E-state index in [1.54, 1.807) is 0 Å². The van der Waals surface area contributed by atoms with Crippen LogP contribution in [0.2, 0.25) is 0 Å². The van der Waals surface area contributed by atoms with Gasteiger partial charge in [-0.15, -0.1) is 0 Å². The second-order valence-corrected chi connectivity index (χ2v) is 7.51. The first-order valence-corrected chi connectivity index (χ1v) is 8.15. The molecule has 2 aliphatic carbocycles. The zero-order chi connectivity index (χ0) is 14.5. The Labute approximate surface area is 119 Å². The van der Waals surface area contributed by atoms with Gasteiger partial charge in [0, 0.05) is 0 Å². The molecule has 0 aromatic carbocycles. The molecule has 110 valence electrons. The zero-order valence-electron chi connectivity index (χ0n) is 13.8. The van der Waals surface area contributed by atoms with Crippen molar-refractivity contribution in [3.8, 4) is 0 Å². The molecule has 0 N–H and O–H groups in total. The molecule has 1 unspecified atom stereocenters. The Morgan fingerprint density at radius 3 is 2.26 bits per heavy atom. The molecule has 3 aliphatic rings. The van der Waals surface area contributed by atoms with Crippen LogP contribution in [-0.2, 0) is 4.74 Å². The summed E-state index contributed by atoms with van der Waals surface area (Å²) in [7, 11) is 0. The maximum absolute atomic E-state index is 5.88. The van der Waals surface area contributed by atoms with Crippen molar-refractivity contribution in [2.45, 2.75) is 72.8 Å². The first-order valence-electron chi connectivity index (χ1n) is 8.15. The fourth-order valence-corrected chi connectivity index (χ4v) is 4.87. The first kappa shape index (κ1) is 15.1. The van der Waals surface area contributed by atoms with Gasteiger partial charge in [-0.3, -0.25) is 0 Å². The first-order chi connectivity index (χ1) is 8.83. The Bertz CT molecular complexity index is 364. The van der Waals surface area contributed by atoms with Crippen LogP contribution in [-0.4, -0.2) is 12.2 Å². The third-order valence-electron chi connectivity index (χ3n) is 6.70. The normalized spacial score (nSPS) is 47.2. The molecular weight excluding hydrogens is 232 g/mol. The summed E-state index contributed by atoms with van der Waals surface area (Å²) >= 11 is 0. The average Bonchev–Trinajstić information content (AvgIpc) is 3.12. The van der Waals surface area contributed by atoms with Crippen molar-refractivity contribution in [3.63, 3.8) is 0 Å². The lowest BCUT2D eigenvalue weighted by molar-refractivity contribution is 0.0438. The molecule has 1 heteroatoms. The van der Waals surface area contributed by atoms with Crippen LogP contribution in [0.5, 0.6) is 0 Å². The van der Waals surface area contributed by atoms with E-state index in [9.17, 15) is 0 Å². The second-order valence-electron chi connectivity index (χ2n) is 7.51. The minimum Gasteiger partial charge on any atom is -0.369 e. The highest BCUT2D eigenvalue weighted by molar-refractivity contribution is 5.23. The van der Waals surface area contributed by atoms with E-state index in [2.05, 4.69) is 34.3 Å². The number of hydrogen-bond donors (Lipinski definition) is 0. The van der Waals surface area contributed by atoms with Crippen molar-refractivity contribution in [2.75, 3.05) is 6.61 Å². The van der Waals surface area contributed by atoms with Gasteiger partial charge < -0.3 is 4.74 Å². The summed E-state index contributed by atoms with van der Waals surface area (Å²) in [4.78, 5) is 0. The number of rotatable bonds is 0. The highest BCUT2D eigenvalue weighted by Gasteiger charge is 2.62. The van der Waals surface area contributed by atoms with E-state index in [0.29, 0.717) is 16.7 Å². The van der Waals surface area contributed by atoms with Crippen LogP contribution in [0.4, 0.5) is 0 Å². The highest BCUT2D eigenvalue weighted by Crippen LogP contribution is 2.65. The fourth-order valence-electron chi connectivity index (χ4n) is 4.87. The third kappa shape index (κ3) is 2.00. The van der Waals surface area contributed by atoms with Gasteiger partial charge in [0.2, 0.25) is 0 Å². The summed E-state index contributed by atoms with van der Waals surface area (Å²) < 4.78 is 5.88. The predicted octanol–water partition coefficient (Wildman–Crippen LogP) is 5.21. The van der Waals surface area contributed by atoms with Gasteiger partial charge in [0.1, 0.15) is 0 Å². The molecule has 0 aromatic rings. The average molecular weight is 264 g/mol. The van der Waals surface area contributed by atoms with Crippen LogP contribution in [0.1, 0.15) is 67.2 Å². The molecule has 1 aliphatic heterocycles. The molecule has 1 heterocycles. The molecule has 1 spiro atoms. The summed E-state index contributed by atoms with van der Waals surface area (Å²) in [5.41, 5.74) is 2.46. The molecule has 1 saturated heterocycles. The number of fused-ring (bicyclic) bond motifs is 1. The van der Waals surface area contributed by atoms with E-state index in [0.717, 1.165) is 12.5 Å². The third-order valence-corrected chi connectivity index (χ3v) is 6.70. The minimum atomic E-state index is 0.219. The molecule has 0 radical (unpaired) electrons. The SMILES string of the molecule is C=C1CC[C@H]2C(C)(C)[C@@H](C)C3(CC[C@]12C)CO3.CC. The molecule has 1 nitrogen and oxygen atoms in total. The van der Waals surface area contributed by atoms with Crippen molar-refractivity contribution in [1.29, 1.82) is 0 Å². The second kappa shape index (κ2) is 4.62. The zero-order valence-corrected chi connectivity index (χ0v) is 13.8. The van der Waals surface area contributed by atoms with Gasteiger partial charge in [0.25, 0.3) is 0 Å². The fraction of sp³-hybridized carbons (Fsp3) is 0.889. The Hall–Kier alpha value is -0.300. The summed E-state index contributed by atoms with van der Waals surface area (Å²) in [6.07, 6.45) is 5.10. The predicted molar refractivity (Wildman–Crippen MR) is 82.2 cm³/mol. The summed E-state index contributed by atoms with van der Waals surface area (Å²) in [5, 5.41) is 0. The minimum absolute atomic E-state index is 0.219. The quantitative estimate of drug-likeness (QED) is 0.432. The van der Waals surface area contributed by atoms with Crippen LogP contribution in [0.3, 0.4) is 0 Å². The number of epoxide rings is 1. The Kier molecular flexibility index (Phi) is 3.67. The van der Waals surface area contributed by atoms with Crippen LogP contribution < -0.4 is 0 Å². The molecule has 0 amide bonds. The molecule has 3 fully saturated rings. The van der Waals surface area contributed by atoms with Gasteiger partial charge in [-0.1, -0.05) is 53.7 Å². The van der Waals surface area contributed by atoms with Gasteiger partial charge in [-0.2, -0.15) is 0 Å². The molecule has 2 saturated carbocycles. The van der Waals surface area contributed by atoms with Crippen molar-refractivity contribution in [1.82, 2.24) is 0 Å². The van der Waals surface area contributed by atoms with E-state index < -0.39 is 0 Å². The van der Waals surface area contributed by atoms with Crippen LogP contribution in [0, 0.1) is 22.7 Å². The summed E-state index contributed by atoms with van der Waals surface area (Å²) in [6.45, 7) is 19.2. The lowest BCUT2D eigenvalue weighted by Gasteiger charge is -2.44. The molecule has 3 rings (SSSR count). The van der Waals surface area contributed by atoms with Gasteiger partial charge in [-0.05, 0) is 48.3 Å². The van der Waals surface area contributed by atoms with Crippen LogP contribution in [0.15, 0.2) is 12.2 Å². The molecule has 4 atom stereocenters. The molecular formula is C18H32O. The van der Waals surface area contributed by atoms with Crippen molar-refractivity contribution < 1.29 is 4.74 Å². The van der Waals surface area contributed by atoms with Crippen molar-refractivity contribution >= 4 is 0 Å². The van der Waals surface area contributed by atoms with Gasteiger partial charge in [-0.25, -0.2) is 0 Å². The van der Waals surface area contributed by atoms with E-state index in [-0.39, 0.29) is 5.60 Å². The van der Waals surface area contributed by atoms with E-state index in [1.807, 2.05) is 13.8 Å². The van der Waals surface area contributed by atoms with Crippen molar-refractivity contribution in [3.05, 3.63) is 12.2 Å². The van der Waals surface area contributed by atoms with E-state index >= 15 is 0 Å². The Balaban J connectivity index is 0.000000637. The van der Waals surface area contributed by atoms with Crippen LogP contribution >= 0.6 is 0 Å². The van der Waals surface area contributed by atoms with E-state index in [4.69, 9.17) is 4.74 Å².